The number of hydrogen-bond donors (Lipinski definition) is 0. The van der Waals surface area contributed by atoms with Gasteiger partial charge in [-0.25, -0.2) is 0 Å². The van der Waals surface area contributed by atoms with Crippen molar-refractivity contribution in [2.24, 2.45) is 0 Å². The Hall–Kier alpha value is -11.6. The monoisotopic (exact) mass is 1150 g/mol. The first kappa shape index (κ1) is 70.4. The van der Waals surface area contributed by atoms with Crippen molar-refractivity contribution < 1.29 is 75.0 Å². The van der Waals surface area contributed by atoms with Crippen LogP contribution in [0.3, 0.4) is 0 Å². The van der Waals surface area contributed by atoms with E-state index >= 15 is 0 Å². The van der Waals surface area contributed by atoms with Gasteiger partial charge in [-0.05, 0) is 60.2 Å². The van der Waals surface area contributed by atoms with Gasteiger partial charge in [0.1, 0.15) is 49.8 Å². The van der Waals surface area contributed by atoms with Gasteiger partial charge in [-0.2, -0.15) is 0 Å². The van der Waals surface area contributed by atoms with Gasteiger partial charge in [-0.15, -0.1) is 12.6 Å². The molecule has 0 N–H and O–H groups in total. The fourth-order valence-electron chi connectivity index (χ4n) is 6.01. The largest absolute Gasteiger partial charge is 0.497 e. The first-order valence-electron chi connectivity index (χ1n) is 24.2. The Morgan fingerprint density at radius 2 is 0.690 bits per heavy atom. The van der Waals surface area contributed by atoms with Crippen molar-refractivity contribution in [3.05, 3.63) is 296 Å². The number of benzene rings is 9. The molecule has 0 radical (unpaired) electrons. The third-order valence-electron chi connectivity index (χ3n) is 10.2. The summed E-state index contributed by atoms with van der Waals surface area (Å²) in [5, 5.41) is 12.5. The normalized spacial score (nSPS) is 8.88. The van der Waals surface area contributed by atoms with Crippen LogP contribution in [-0.2, 0) is 10.6 Å². The number of para-hydroxylation sites is 1. The predicted octanol–water partition coefficient (Wildman–Crippen LogP) is 11.9. The molecule has 9 aromatic carbocycles. The Morgan fingerprint density at radius 3 is 1.05 bits per heavy atom. The molecule has 0 bridgehead atoms. The third kappa shape index (κ3) is 30.0. The minimum atomic E-state index is -3.11. The Balaban J connectivity index is 0.000000477. The zero-order chi connectivity index (χ0) is 62.3. The Kier molecular flexibility index (Phi) is 36.3. The summed E-state index contributed by atoms with van der Waals surface area (Å²) in [5.41, 5.74) is 5.99. The number of carbonyl (C=O) groups is 11. The van der Waals surface area contributed by atoms with Gasteiger partial charge in [0.05, 0.1) is 17.6 Å². The molecule has 0 aliphatic carbocycles. The predicted molar refractivity (Wildman–Crippen MR) is 316 cm³/mol. The smallest absolute Gasteiger partial charge is 0.425 e. The molecule has 0 aliphatic rings. The lowest BCUT2D eigenvalue weighted by molar-refractivity contribution is -0.385. The fraction of sp³-hybridized carbons (Fsp3) is 0.0308. The van der Waals surface area contributed by atoms with Crippen LogP contribution in [-0.4, -0.2) is 93.3 Å². The lowest BCUT2D eigenvalue weighted by Gasteiger charge is -1.96. The second-order valence-corrected chi connectivity index (χ2v) is 16.3. The van der Waals surface area contributed by atoms with Crippen LogP contribution in [0.5, 0.6) is 5.75 Å². The first-order chi connectivity index (χ1) is 40.6. The van der Waals surface area contributed by atoms with Gasteiger partial charge in [0.15, 0.2) is 24.6 Å². The number of nitrogens with zero attached hydrogens (tertiary/aromatic N) is 1. The molecule has 0 unspecified atom stereocenters. The minimum Gasteiger partial charge on any atom is -0.497 e. The van der Waals surface area contributed by atoms with Crippen molar-refractivity contribution in [3.8, 4) is 5.75 Å². The van der Waals surface area contributed by atoms with E-state index < -0.39 is 15.5 Å². The van der Waals surface area contributed by atoms with E-state index in [1.165, 1.54) is 30.5 Å². The van der Waals surface area contributed by atoms with E-state index in [4.69, 9.17) is 17.4 Å². The van der Waals surface area contributed by atoms with Gasteiger partial charge < -0.3 is 4.74 Å². The number of fused-ring (bicyclic) bond motifs is 1. The molecule has 19 heteroatoms. The fourth-order valence-corrected chi connectivity index (χ4v) is 6.01. The van der Waals surface area contributed by atoms with E-state index in [0.29, 0.717) is 70.4 Å². The average Bonchev–Trinajstić information content (AvgIpc) is 3.61. The average molecular weight is 1150 g/mol. The van der Waals surface area contributed by atoms with Gasteiger partial charge in [-0.3, -0.25) is 62.9 Å². The number of aldehydes is 10. The molecule has 84 heavy (non-hydrogen) atoms. The molecular formula is C65H53NO17S. The van der Waals surface area contributed by atoms with Gasteiger partial charge in [-0.1, -0.05) is 176 Å². The van der Waals surface area contributed by atoms with Crippen molar-refractivity contribution in [1.82, 2.24) is 0 Å². The number of rotatable bonds is 13. The standard InChI is InChI=1S/C11H8O.C9H8O2.C8H8O2.2C8H6O2.C7H5NO3.2C7H6O.O3S/c12-8-9-5-6-10-3-1-2-4-11(10)7-9;1-7(11)9-4-2-8(6-10)3-5-9;1-10-8-4-2-7(6-9)3-5-8;9-5-7-2-1-3-8(4-7)6-10;9-5-7-3-1-2-4-8(7)6-10;9-5-6-3-1-2-4-7(6)8(10)11;2*8-6-7-4-2-1-3-5-7;1-4(2)3/h1-8H;2-6H,1H3;2-6H,1H3;2*1-6H;1-5H;2*1-6H;. The summed E-state index contributed by atoms with van der Waals surface area (Å²) >= 11 is 0. The highest BCUT2D eigenvalue weighted by atomic mass is 32.2. The van der Waals surface area contributed by atoms with E-state index in [1.54, 1.807) is 135 Å². The molecule has 0 aromatic heterocycles. The molecule has 0 aliphatic heterocycles. The molecule has 18 nitrogen and oxygen atoms in total. The van der Waals surface area contributed by atoms with E-state index in [2.05, 4.69) is 0 Å². The topological polar surface area (TPSA) is 291 Å². The highest BCUT2D eigenvalue weighted by molar-refractivity contribution is 7.59. The van der Waals surface area contributed by atoms with E-state index in [1.807, 2.05) is 78.9 Å². The molecule has 0 saturated carbocycles. The van der Waals surface area contributed by atoms with Crippen LogP contribution in [0.25, 0.3) is 10.8 Å². The SMILES string of the molecule is CC(=O)c1ccc(C=O)cc1.COc1ccc(C=O)cc1.O=Cc1ccc2ccccc2c1.O=Cc1cccc(C=O)c1.O=Cc1ccccc1.O=Cc1ccccc1.O=Cc1ccccc1C=O.O=Cc1ccccc1[N+](=O)[O-].O=S(=O)=O. The van der Waals surface area contributed by atoms with Crippen LogP contribution in [0, 0.1) is 10.1 Å². The molecule has 0 atom stereocenters. The molecule has 0 saturated heterocycles. The van der Waals surface area contributed by atoms with Crippen molar-refractivity contribution in [1.29, 1.82) is 0 Å². The number of ether oxygens (including phenoxy) is 1. The number of carbonyl (C=O) groups excluding carboxylic acids is 11. The van der Waals surface area contributed by atoms with Crippen LogP contribution in [0.15, 0.2) is 224 Å². The summed E-state index contributed by atoms with van der Waals surface area (Å²) in [6.07, 6.45) is 7.33. The summed E-state index contributed by atoms with van der Waals surface area (Å²) in [5.74, 6) is 0.785. The number of ketones is 1. The number of nitro benzene ring substituents is 1. The van der Waals surface area contributed by atoms with Gasteiger partial charge in [0.2, 0.25) is 0 Å². The van der Waals surface area contributed by atoms with Crippen LogP contribution in [0.2, 0.25) is 0 Å². The molecule has 9 rings (SSSR count). The van der Waals surface area contributed by atoms with Gasteiger partial charge >= 0.3 is 10.6 Å². The number of methoxy groups -OCH3 is 1. The summed E-state index contributed by atoms with van der Waals surface area (Å²) < 4.78 is 30.2. The zero-order valence-electron chi connectivity index (χ0n) is 44.9. The maximum Gasteiger partial charge on any atom is 0.425 e. The van der Waals surface area contributed by atoms with Crippen molar-refractivity contribution in [2.75, 3.05) is 7.11 Å². The Labute approximate surface area is 484 Å². The van der Waals surface area contributed by atoms with Crippen LogP contribution >= 0.6 is 0 Å². The van der Waals surface area contributed by atoms with Crippen LogP contribution in [0.1, 0.15) is 121 Å². The minimum absolute atomic E-state index is 0.0162. The molecule has 426 valence electrons. The van der Waals surface area contributed by atoms with Crippen molar-refractivity contribution in [3.63, 3.8) is 0 Å². The molecule has 0 spiro atoms. The Bertz CT molecular complexity index is 3550. The molecule has 9 aromatic rings. The number of nitro groups is 1. The molecule has 0 heterocycles. The molecule has 0 fully saturated rings. The Morgan fingerprint density at radius 1 is 0.369 bits per heavy atom. The van der Waals surface area contributed by atoms with Gasteiger partial charge in [0, 0.05) is 61.7 Å². The summed E-state index contributed by atoms with van der Waals surface area (Å²) in [4.78, 5) is 122. The van der Waals surface area contributed by atoms with Crippen molar-refractivity contribution in [2.45, 2.75) is 6.92 Å². The van der Waals surface area contributed by atoms with Crippen LogP contribution < -0.4 is 4.74 Å². The van der Waals surface area contributed by atoms with Crippen molar-refractivity contribution >= 4 is 95.7 Å². The van der Waals surface area contributed by atoms with Crippen LogP contribution in [0.4, 0.5) is 5.69 Å². The van der Waals surface area contributed by atoms with Gasteiger partial charge in [0.25, 0.3) is 5.69 Å². The zero-order valence-corrected chi connectivity index (χ0v) is 45.7. The lowest BCUT2D eigenvalue weighted by Crippen LogP contribution is -1.92. The highest BCUT2D eigenvalue weighted by Crippen LogP contribution is 2.16. The van der Waals surface area contributed by atoms with E-state index in [0.717, 1.165) is 59.3 Å². The summed E-state index contributed by atoms with van der Waals surface area (Å²) in [7, 11) is -1.52. The number of hydrogen-bond acceptors (Lipinski definition) is 17. The quantitative estimate of drug-likeness (QED) is 0.0448. The maximum absolute atomic E-state index is 10.8. The third-order valence-corrected chi connectivity index (χ3v) is 10.2. The maximum atomic E-state index is 10.8. The van der Waals surface area contributed by atoms with E-state index in [9.17, 15) is 62.9 Å². The second-order valence-electron chi connectivity index (χ2n) is 15.9. The number of Topliss-reactive ketones (excluding diaryl/α,β-unsaturated/α-hetero) is 1. The summed E-state index contributed by atoms with van der Waals surface area (Å²) in [6.45, 7) is 1.50. The highest BCUT2D eigenvalue weighted by Gasteiger charge is 2.10. The molecular weight excluding hydrogens is 1100 g/mol. The second kappa shape index (κ2) is 43.3. The first-order valence-corrected chi connectivity index (χ1v) is 25.2. The van der Waals surface area contributed by atoms with E-state index in [-0.39, 0.29) is 17.0 Å². The molecule has 0 amide bonds. The lowest BCUT2D eigenvalue weighted by atomic mass is 10.1. The summed E-state index contributed by atoms with van der Waals surface area (Å²) in [6, 6.07) is 64.3.